The van der Waals surface area contributed by atoms with Crippen molar-refractivity contribution in [3.05, 3.63) is 56.0 Å². The highest BCUT2D eigenvalue weighted by Gasteiger charge is 2.22. The van der Waals surface area contributed by atoms with Crippen LogP contribution in [-0.4, -0.2) is 5.78 Å². The van der Waals surface area contributed by atoms with Gasteiger partial charge in [-0.25, -0.2) is 4.39 Å². The molecule has 0 atom stereocenters. The molecule has 0 aliphatic heterocycles. The first-order valence-electron chi connectivity index (χ1n) is 6.27. The molecule has 1 aliphatic rings. The molecule has 0 N–H and O–H groups in total. The van der Waals surface area contributed by atoms with E-state index in [0.717, 1.165) is 19.3 Å². The standard InChI is InChI=1S/C15H12ClFOS/c16-10-5-3-6-11(17)14(10)15(18)13-8-9-4-1-2-7-12(9)19-13/h3,5-6,8H,1-2,4,7H2. The molecule has 0 spiro atoms. The summed E-state index contributed by atoms with van der Waals surface area (Å²) in [5, 5.41) is 0.177. The summed E-state index contributed by atoms with van der Waals surface area (Å²) in [6.45, 7) is 0. The molecule has 0 fully saturated rings. The molecule has 19 heavy (non-hydrogen) atoms. The fraction of sp³-hybridized carbons (Fsp3) is 0.267. The maximum Gasteiger partial charge on any atom is 0.207 e. The van der Waals surface area contributed by atoms with E-state index in [-0.39, 0.29) is 16.4 Å². The Kier molecular flexibility index (Phi) is 3.42. The molecular formula is C15H12ClFOS. The van der Waals surface area contributed by atoms with Crippen molar-refractivity contribution in [2.45, 2.75) is 25.7 Å². The molecule has 0 saturated heterocycles. The summed E-state index contributed by atoms with van der Waals surface area (Å²) in [7, 11) is 0. The van der Waals surface area contributed by atoms with Gasteiger partial charge in [0.05, 0.1) is 15.5 Å². The summed E-state index contributed by atoms with van der Waals surface area (Å²) in [6, 6.07) is 6.23. The predicted molar refractivity (Wildman–Crippen MR) is 75.8 cm³/mol. The van der Waals surface area contributed by atoms with Crippen LogP contribution in [0.4, 0.5) is 4.39 Å². The molecule has 4 heteroatoms. The van der Waals surface area contributed by atoms with Crippen LogP contribution in [0.1, 0.15) is 38.5 Å². The second-order valence-electron chi connectivity index (χ2n) is 4.69. The molecule has 0 bridgehead atoms. The molecule has 0 radical (unpaired) electrons. The highest BCUT2D eigenvalue weighted by molar-refractivity contribution is 7.14. The van der Waals surface area contributed by atoms with Gasteiger partial charge >= 0.3 is 0 Å². The van der Waals surface area contributed by atoms with Gasteiger partial charge in [-0.2, -0.15) is 0 Å². The molecule has 2 aromatic rings. The summed E-state index contributed by atoms with van der Waals surface area (Å²) >= 11 is 7.43. The number of hydrogen-bond acceptors (Lipinski definition) is 2. The third-order valence-electron chi connectivity index (χ3n) is 3.41. The summed E-state index contributed by atoms with van der Waals surface area (Å²) in [6.07, 6.45) is 4.38. The number of thiophene rings is 1. The van der Waals surface area contributed by atoms with Gasteiger partial charge in [-0.15, -0.1) is 11.3 Å². The molecule has 0 unspecified atom stereocenters. The average Bonchev–Trinajstić information content (AvgIpc) is 2.82. The second kappa shape index (κ2) is 5.06. The lowest BCUT2D eigenvalue weighted by molar-refractivity contribution is 0.103. The number of halogens is 2. The Labute approximate surface area is 120 Å². The van der Waals surface area contributed by atoms with Crippen molar-refractivity contribution in [3.8, 4) is 0 Å². The van der Waals surface area contributed by atoms with Gasteiger partial charge in [0.25, 0.3) is 0 Å². The number of carbonyl (C=O) groups is 1. The third-order valence-corrected chi connectivity index (χ3v) is 4.96. The number of ketones is 1. The minimum Gasteiger partial charge on any atom is -0.288 e. The monoisotopic (exact) mass is 294 g/mol. The quantitative estimate of drug-likeness (QED) is 0.737. The van der Waals surface area contributed by atoms with Crippen molar-refractivity contribution in [1.82, 2.24) is 0 Å². The topological polar surface area (TPSA) is 17.1 Å². The van der Waals surface area contributed by atoms with E-state index in [1.807, 2.05) is 6.07 Å². The van der Waals surface area contributed by atoms with E-state index in [1.54, 1.807) is 6.07 Å². The molecule has 0 amide bonds. The molecular weight excluding hydrogens is 283 g/mol. The SMILES string of the molecule is O=C(c1cc2c(s1)CCCC2)c1c(F)cccc1Cl. The largest absolute Gasteiger partial charge is 0.288 e. The van der Waals surface area contributed by atoms with Gasteiger partial charge in [0.2, 0.25) is 5.78 Å². The van der Waals surface area contributed by atoms with Gasteiger partial charge in [-0.05, 0) is 49.4 Å². The third kappa shape index (κ3) is 2.33. The molecule has 98 valence electrons. The molecule has 0 saturated carbocycles. The van der Waals surface area contributed by atoms with Gasteiger partial charge in [-0.3, -0.25) is 4.79 Å². The van der Waals surface area contributed by atoms with E-state index < -0.39 is 5.82 Å². The molecule has 1 aromatic carbocycles. The van der Waals surface area contributed by atoms with Crippen LogP contribution in [0.5, 0.6) is 0 Å². The van der Waals surface area contributed by atoms with Crippen LogP contribution >= 0.6 is 22.9 Å². The lowest BCUT2D eigenvalue weighted by atomic mass is 9.98. The van der Waals surface area contributed by atoms with Crippen molar-refractivity contribution in [2.24, 2.45) is 0 Å². The Balaban J connectivity index is 2.02. The Morgan fingerprint density at radius 2 is 2.05 bits per heavy atom. The van der Waals surface area contributed by atoms with Crippen LogP contribution in [0.3, 0.4) is 0 Å². The highest BCUT2D eigenvalue weighted by Crippen LogP contribution is 2.32. The lowest BCUT2D eigenvalue weighted by Crippen LogP contribution is -2.03. The van der Waals surface area contributed by atoms with Crippen LogP contribution in [0, 0.1) is 5.82 Å². The van der Waals surface area contributed by atoms with Crippen molar-refractivity contribution in [2.75, 3.05) is 0 Å². The maximum absolute atomic E-state index is 13.8. The number of benzene rings is 1. The Morgan fingerprint density at radius 1 is 1.26 bits per heavy atom. The van der Waals surface area contributed by atoms with Crippen LogP contribution < -0.4 is 0 Å². The van der Waals surface area contributed by atoms with Crippen molar-refractivity contribution < 1.29 is 9.18 Å². The van der Waals surface area contributed by atoms with Crippen molar-refractivity contribution in [3.63, 3.8) is 0 Å². The molecule has 1 aromatic heterocycles. The number of fused-ring (bicyclic) bond motifs is 1. The van der Waals surface area contributed by atoms with Crippen LogP contribution in [0.2, 0.25) is 5.02 Å². The number of hydrogen-bond donors (Lipinski definition) is 0. The van der Waals surface area contributed by atoms with Gasteiger partial charge in [0.1, 0.15) is 5.82 Å². The maximum atomic E-state index is 13.8. The molecule has 3 rings (SSSR count). The Bertz CT molecular complexity index is 604. The van der Waals surface area contributed by atoms with Crippen molar-refractivity contribution >= 4 is 28.7 Å². The van der Waals surface area contributed by atoms with Crippen LogP contribution in [-0.2, 0) is 12.8 Å². The van der Waals surface area contributed by atoms with Crippen LogP contribution in [0.25, 0.3) is 0 Å². The zero-order valence-corrected chi connectivity index (χ0v) is 11.8. The average molecular weight is 295 g/mol. The number of rotatable bonds is 2. The Morgan fingerprint density at radius 3 is 2.79 bits per heavy atom. The number of carbonyl (C=O) groups excluding carboxylic acids is 1. The first kappa shape index (κ1) is 12.8. The van der Waals surface area contributed by atoms with E-state index in [0.29, 0.717) is 4.88 Å². The Hall–Kier alpha value is -1.19. The van der Waals surface area contributed by atoms with Crippen LogP contribution in [0.15, 0.2) is 24.3 Å². The normalized spacial score (nSPS) is 14.2. The van der Waals surface area contributed by atoms with Gasteiger partial charge in [0, 0.05) is 4.88 Å². The van der Waals surface area contributed by atoms with E-state index >= 15 is 0 Å². The first-order valence-corrected chi connectivity index (χ1v) is 7.46. The smallest absolute Gasteiger partial charge is 0.207 e. The van der Waals surface area contributed by atoms with E-state index in [1.165, 1.54) is 40.3 Å². The zero-order chi connectivity index (χ0) is 13.4. The fourth-order valence-corrected chi connectivity index (χ4v) is 3.89. The van der Waals surface area contributed by atoms with Gasteiger partial charge in [-0.1, -0.05) is 17.7 Å². The van der Waals surface area contributed by atoms with E-state index in [2.05, 4.69) is 0 Å². The van der Waals surface area contributed by atoms with Crippen molar-refractivity contribution in [1.29, 1.82) is 0 Å². The summed E-state index contributed by atoms with van der Waals surface area (Å²) < 4.78 is 13.8. The molecule has 1 nitrogen and oxygen atoms in total. The minimum atomic E-state index is -0.552. The fourth-order valence-electron chi connectivity index (χ4n) is 2.44. The molecule has 1 heterocycles. The number of aryl methyl sites for hydroxylation is 2. The molecule has 1 aliphatic carbocycles. The predicted octanol–water partition coefficient (Wildman–Crippen LogP) is 4.65. The summed E-state index contributed by atoms with van der Waals surface area (Å²) in [5.74, 6) is -0.855. The minimum absolute atomic E-state index is 0.0113. The van der Waals surface area contributed by atoms with E-state index in [4.69, 9.17) is 11.6 Å². The summed E-state index contributed by atoms with van der Waals surface area (Å²) in [5.41, 5.74) is 1.23. The summed E-state index contributed by atoms with van der Waals surface area (Å²) in [4.78, 5) is 14.3. The van der Waals surface area contributed by atoms with Gasteiger partial charge in [0.15, 0.2) is 0 Å². The van der Waals surface area contributed by atoms with Gasteiger partial charge < -0.3 is 0 Å². The first-order chi connectivity index (χ1) is 9.16. The second-order valence-corrected chi connectivity index (χ2v) is 6.24. The highest BCUT2D eigenvalue weighted by atomic mass is 35.5. The van der Waals surface area contributed by atoms with E-state index in [9.17, 15) is 9.18 Å². The zero-order valence-electron chi connectivity index (χ0n) is 10.2. The lowest BCUT2D eigenvalue weighted by Gasteiger charge is -2.08.